The Hall–Kier alpha value is -1.92. The number of aryl methyl sites for hydroxylation is 2. The van der Waals surface area contributed by atoms with Crippen LogP contribution >= 0.6 is 11.3 Å². The van der Waals surface area contributed by atoms with Crippen LogP contribution in [-0.2, 0) is 11.3 Å². The molecule has 3 rings (SSSR count). The predicted molar refractivity (Wildman–Crippen MR) is 93.7 cm³/mol. The number of carbonyl (C=O) groups excluding carboxylic acids is 1. The predicted octanol–water partition coefficient (Wildman–Crippen LogP) is 3.20. The SMILES string of the molecule is Cc1ccc(OCc2nc(C)c(C(=O)N3CCOC(C)C3)s2)cc1. The Balaban J connectivity index is 1.66. The second kappa shape index (κ2) is 7.32. The maximum Gasteiger partial charge on any atom is 0.266 e. The van der Waals surface area contributed by atoms with Crippen LogP contribution in [0, 0.1) is 13.8 Å². The van der Waals surface area contributed by atoms with Crippen LogP contribution in [-0.4, -0.2) is 41.6 Å². The van der Waals surface area contributed by atoms with Crippen molar-refractivity contribution in [3.05, 3.63) is 45.4 Å². The lowest BCUT2D eigenvalue weighted by Gasteiger charge is -2.30. The Bertz CT molecular complexity index is 712. The van der Waals surface area contributed by atoms with Crippen molar-refractivity contribution in [1.29, 1.82) is 0 Å². The van der Waals surface area contributed by atoms with Crippen molar-refractivity contribution in [2.75, 3.05) is 19.7 Å². The first-order valence-electron chi connectivity index (χ1n) is 8.09. The molecule has 1 aromatic carbocycles. The van der Waals surface area contributed by atoms with Gasteiger partial charge in [0.05, 0.1) is 18.4 Å². The molecular weight excluding hydrogens is 324 g/mol. The minimum atomic E-state index is 0.0433. The summed E-state index contributed by atoms with van der Waals surface area (Å²) in [6.07, 6.45) is 0.0836. The molecule has 0 N–H and O–H groups in total. The fourth-order valence-corrected chi connectivity index (χ4v) is 3.58. The zero-order valence-corrected chi connectivity index (χ0v) is 15.1. The Morgan fingerprint density at radius 3 is 2.83 bits per heavy atom. The highest BCUT2D eigenvalue weighted by atomic mass is 32.1. The Morgan fingerprint density at radius 1 is 1.38 bits per heavy atom. The molecule has 0 radical (unpaired) electrons. The largest absolute Gasteiger partial charge is 0.486 e. The number of morpholine rings is 1. The first-order valence-corrected chi connectivity index (χ1v) is 8.91. The molecule has 24 heavy (non-hydrogen) atoms. The normalized spacial score (nSPS) is 17.8. The summed E-state index contributed by atoms with van der Waals surface area (Å²) in [6.45, 7) is 8.14. The maximum absolute atomic E-state index is 12.7. The van der Waals surface area contributed by atoms with Gasteiger partial charge in [0.25, 0.3) is 5.91 Å². The molecule has 1 saturated heterocycles. The quantitative estimate of drug-likeness (QED) is 0.853. The topological polar surface area (TPSA) is 51.7 Å². The van der Waals surface area contributed by atoms with Crippen molar-refractivity contribution in [2.24, 2.45) is 0 Å². The molecule has 1 amide bonds. The molecular formula is C18H22N2O3S. The fraction of sp³-hybridized carbons (Fsp3) is 0.444. The third kappa shape index (κ3) is 3.94. The van der Waals surface area contributed by atoms with Crippen molar-refractivity contribution in [3.8, 4) is 5.75 Å². The lowest BCUT2D eigenvalue weighted by Crippen LogP contribution is -2.44. The molecule has 128 valence electrons. The van der Waals surface area contributed by atoms with Gasteiger partial charge in [0.1, 0.15) is 22.2 Å². The molecule has 0 spiro atoms. The molecule has 1 aliphatic rings. The number of thiazole rings is 1. The number of ether oxygens (including phenoxy) is 2. The lowest BCUT2D eigenvalue weighted by atomic mass is 10.2. The van der Waals surface area contributed by atoms with Gasteiger partial charge < -0.3 is 14.4 Å². The Labute approximate surface area is 146 Å². The van der Waals surface area contributed by atoms with Crippen LogP contribution in [0.5, 0.6) is 5.75 Å². The number of hydrogen-bond acceptors (Lipinski definition) is 5. The molecule has 0 aliphatic carbocycles. The van der Waals surface area contributed by atoms with E-state index in [1.807, 2.05) is 49.9 Å². The average molecular weight is 346 g/mol. The van der Waals surface area contributed by atoms with Gasteiger partial charge in [-0.05, 0) is 32.9 Å². The van der Waals surface area contributed by atoms with E-state index < -0.39 is 0 Å². The first-order chi connectivity index (χ1) is 11.5. The van der Waals surface area contributed by atoms with Crippen LogP contribution in [0.25, 0.3) is 0 Å². The van der Waals surface area contributed by atoms with E-state index in [-0.39, 0.29) is 12.0 Å². The van der Waals surface area contributed by atoms with Gasteiger partial charge in [-0.1, -0.05) is 17.7 Å². The highest BCUT2D eigenvalue weighted by Crippen LogP contribution is 2.23. The summed E-state index contributed by atoms with van der Waals surface area (Å²) in [5, 5.41) is 0.817. The number of amides is 1. The van der Waals surface area contributed by atoms with Gasteiger partial charge in [0.2, 0.25) is 0 Å². The lowest BCUT2D eigenvalue weighted by molar-refractivity contribution is -0.0122. The fourth-order valence-electron chi connectivity index (χ4n) is 2.64. The van der Waals surface area contributed by atoms with Gasteiger partial charge in [-0.2, -0.15) is 0 Å². The van der Waals surface area contributed by atoms with Crippen molar-refractivity contribution >= 4 is 17.2 Å². The molecule has 1 aromatic heterocycles. The van der Waals surface area contributed by atoms with E-state index in [1.165, 1.54) is 16.9 Å². The number of carbonyl (C=O) groups is 1. The van der Waals surface area contributed by atoms with Crippen LogP contribution in [0.3, 0.4) is 0 Å². The summed E-state index contributed by atoms with van der Waals surface area (Å²) < 4.78 is 11.3. The van der Waals surface area contributed by atoms with E-state index in [0.29, 0.717) is 31.2 Å². The highest BCUT2D eigenvalue weighted by molar-refractivity contribution is 7.13. The molecule has 0 saturated carbocycles. The van der Waals surface area contributed by atoms with Crippen molar-refractivity contribution in [1.82, 2.24) is 9.88 Å². The van der Waals surface area contributed by atoms with E-state index in [2.05, 4.69) is 4.98 Å². The second-order valence-corrected chi connectivity index (χ2v) is 7.14. The van der Waals surface area contributed by atoms with Gasteiger partial charge in [0.15, 0.2) is 0 Å². The molecule has 1 fully saturated rings. The van der Waals surface area contributed by atoms with Crippen LogP contribution in [0.2, 0.25) is 0 Å². The number of hydrogen-bond donors (Lipinski definition) is 0. The molecule has 2 heterocycles. The minimum Gasteiger partial charge on any atom is -0.486 e. The van der Waals surface area contributed by atoms with Gasteiger partial charge in [-0.3, -0.25) is 4.79 Å². The van der Waals surface area contributed by atoms with Crippen molar-refractivity contribution < 1.29 is 14.3 Å². The smallest absolute Gasteiger partial charge is 0.266 e. The number of nitrogens with zero attached hydrogens (tertiary/aromatic N) is 2. The minimum absolute atomic E-state index is 0.0433. The summed E-state index contributed by atoms with van der Waals surface area (Å²) in [7, 11) is 0. The van der Waals surface area contributed by atoms with Crippen LogP contribution in [0.15, 0.2) is 24.3 Å². The summed E-state index contributed by atoms with van der Waals surface area (Å²) in [4.78, 5) is 19.7. The maximum atomic E-state index is 12.7. The van der Waals surface area contributed by atoms with E-state index in [1.54, 1.807) is 0 Å². The zero-order valence-electron chi connectivity index (χ0n) is 14.2. The molecule has 1 unspecified atom stereocenters. The summed E-state index contributed by atoms with van der Waals surface area (Å²) in [5.41, 5.74) is 1.96. The third-order valence-electron chi connectivity index (χ3n) is 3.95. The van der Waals surface area contributed by atoms with Gasteiger partial charge in [-0.15, -0.1) is 11.3 Å². The molecule has 1 atom stereocenters. The molecule has 1 aliphatic heterocycles. The van der Waals surface area contributed by atoms with Crippen LogP contribution in [0.1, 0.15) is 32.9 Å². The van der Waals surface area contributed by atoms with Gasteiger partial charge in [0, 0.05) is 13.1 Å². The van der Waals surface area contributed by atoms with Crippen LogP contribution < -0.4 is 4.74 Å². The third-order valence-corrected chi connectivity index (χ3v) is 5.07. The second-order valence-electron chi connectivity index (χ2n) is 6.06. The molecule has 6 heteroatoms. The molecule has 0 bridgehead atoms. The first kappa shape index (κ1) is 16.9. The van der Waals surface area contributed by atoms with Crippen molar-refractivity contribution in [2.45, 2.75) is 33.5 Å². The van der Waals surface area contributed by atoms with E-state index in [4.69, 9.17) is 9.47 Å². The standard InChI is InChI=1S/C18H22N2O3S/c1-12-4-6-15(7-5-12)23-11-16-19-14(3)17(24-16)18(21)20-8-9-22-13(2)10-20/h4-7,13H,8-11H2,1-3H3. The molecule has 2 aromatic rings. The van der Waals surface area contributed by atoms with Gasteiger partial charge in [-0.25, -0.2) is 4.98 Å². The Morgan fingerprint density at radius 2 is 2.12 bits per heavy atom. The zero-order chi connectivity index (χ0) is 17.1. The van der Waals surface area contributed by atoms with E-state index in [9.17, 15) is 4.79 Å². The summed E-state index contributed by atoms with van der Waals surface area (Å²) in [6, 6.07) is 7.90. The summed E-state index contributed by atoms with van der Waals surface area (Å²) >= 11 is 1.42. The molecule has 5 nitrogen and oxygen atoms in total. The van der Waals surface area contributed by atoms with E-state index >= 15 is 0 Å². The van der Waals surface area contributed by atoms with Gasteiger partial charge >= 0.3 is 0 Å². The number of aromatic nitrogens is 1. The highest BCUT2D eigenvalue weighted by Gasteiger charge is 2.25. The number of rotatable bonds is 4. The van der Waals surface area contributed by atoms with Crippen LogP contribution in [0.4, 0.5) is 0 Å². The number of benzene rings is 1. The monoisotopic (exact) mass is 346 g/mol. The average Bonchev–Trinajstić information content (AvgIpc) is 2.94. The van der Waals surface area contributed by atoms with Crippen molar-refractivity contribution in [3.63, 3.8) is 0 Å². The Kier molecular flexibility index (Phi) is 5.16. The summed E-state index contributed by atoms with van der Waals surface area (Å²) in [5.74, 6) is 0.852. The van der Waals surface area contributed by atoms with E-state index in [0.717, 1.165) is 16.5 Å².